The van der Waals surface area contributed by atoms with E-state index < -0.39 is 10.0 Å². The minimum absolute atomic E-state index is 0.0331. The molecule has 0 radical (unpaired) electrons. The van der Waals surface area contributed by atoms with Gasteiger partial charge in [0.2, 0.25) is 5.91 Å². The van der Waals surface area contributed by atoms with E-state index in [1.165, 1.54) is 11.3 Å². The molecule has 2 aliphatic rings. The fraction of sp³-hybridized carbons (Fsp3) is 0.706. The SMILES string of the molecule is CC1CN(C(=O)Cc2ccc(S(=O)(=O)N3CCCCC3)s2)CC(C)O1. The fourth-order valence-corrected chi connectivity index (χ4v) is 6.48. The molecule has 2 saturated heterocycles. The largest absolute Gasteiger partial charge is 0.372 e. The summed E-state index contributed by atoms with van der Waals surface area (Å²) < 4.78 is 33.0. The number of amides is 1. The second kappa shape index (κ2) is 7.73. The van der Waals surface area contributed by atoms with E-state index in [4.69, 9.17) is 4.74 Å². The highest BCUT2D eigenvalue weighted by atomic mass is 32.2. The van der Waals surface area contributed by atoms with Gasteiger partial charge in [-0.25, -0.2) is 8.42 Å². The molecule has 0 spiro atoms. The second-order valence-electron chi connectivity index (χ2n) is 6.92. The van der Waals surface area contributed by atoms with E-state index in [9.17, 15) is 13.2 Å². The summed E-state index contributed by atoms with van der Waals surface area (Å²) in [6.45, 7) is 6.30. The zero-order valence-electron chi connectivity index (χ0n) is 14.8. The van der Waals surface area contributed by atoms with Gasteiger partial charge in [-0.1, -0.05) is 6.42 Å². The predicted molar refractivity (Wildman–Crippen MR) is 97.2 cm³/mol. The van der Waals surface area contributed by atoms with Crippen LogP contribution in [0, 0.1) is 0 Å². The van der Waals surface area contributed by atoms with Gasteiger partial charge in [0, 0.05) is 31.1 Å². The van der Waals surface area contributed by atoms with E-state index in [0.29, 0.717) is 30.4 Å². The molecule has 2 unspecified atom stereocenters. The van der Waals surface area contributed by atoms with E-state index >= 15 is 0 Å². The third kappa shape index (κ3) is 4.42. The number of hydrogen-bond acceptors (Lipinski definition) is 5. The first-order valence-corrected chi connectivity index (χ1v) is 11.1. The number of thiophene rings is 1. The van der Waals surface area contributed by atoms with Gasteiger partial charge in [-0.3, -0.25) is 4.79 Å². The summed E-state index contributed by atoms with van der Waals surface area (Å²) in [5.41, 5.74) is 0. The maximum absolute atomic E-state index is 12.7. The number of carbonyl (C=O) groups excluding carboxylic acids is 1. The molecule has 140 valence electrons. The third-order valence-electron chi connectivity index (χ3n) is 4.64. The van der Waals surface area contributed by atoms with E-state index in [1.807, 2.05) is 18.7 Å². The van der Waals surface area contributed by atoms with Crippen molar-refractivity contribution in [3.05, 3.63) is 17.0 Å². The molecule has 2 atom stereocenters. The molecule has 1 aromatic heterocycles. The number of ether oxygens (including phenoxy) is 1. The number of sulfonamides is 1. The summed E-state index contributed by atoms with van der Waals surface area (Å²) in [4.78, 5) is 15.2. The van der Waals surface area contributed by atoms with Gasteiger partial charge in [-0.2, -0.15) is 4.31 Å². The lowest BCUT2D eigenvalue weighted by Gasteiger charge is -2.35. The van der Waals surface area contributed by atoms with E-state index in [0.717, 1.165) is 24.1 Å². The van der Waals surface area contributed by atoms with Crippen LogP contribution in [0.1, 0.15) is 38.0 Å². The van der Waals surface area contributed by atoms with Crippen LogP contribution in [0.3, 0.4) is 0 Å². The van der Waals surface area contributed by atoms with Crippen molar-refractivity contribution in [2.45, 2.75) is 55.9 Å². The van der Waals surface area contributed by atoms with Crippen LogP contribution in [-0.4, -0.2) is 61.9 Å². The Hall–Kier alpha value is -0.960. The fourth-order valence-electron chi connectivity index (χ4n) is 3.47. The molecule has 0 saturated carbocycles. The van der Waals surface area contributed by atoms with Crippen LogP contribution >= 0.6 is 11.3 Å². The van der Waals surface area contributed by atoms with Crippen LogP contribution in [-0.2, 0) is 26.0 Å². The van der Waals surface area contributed by atoms with Crippen molar-refractivity contribution in [3.8, 4) is 0 Å². The summed E-state index contributed by atoms with van der Waals surface area (Å²) in [6.07, 6.45) is 3.25. The standard InChI is InChI=1S/C17H26N2O4S2/c1-13-11-18(12-14(2)23-13)16(20)10-15-6-7-17(24-15)25(21,22)19-8-4-3-5-9-19/h6-7,13-14H,3-5,8-12H2,1-2H3. The molecule has 0 bridgehead atoms. The Kier molecular flexibility index (Phi) is 5.82. The topological polar surface area (TPSA) is 66.9 Å². The number of nitrogens with zero attached hydrogens (tertiary/aromatic N) is 2. The number of piperidine rings is 1. The number of hydrogen-bond donors (Lipinski definition) is 0. The van der Waals surface area contributed by atoms with Crippen LogP contribution < -0.4 is 0 Å². The van der Waals surface area contributed by atoms with E-state index in [2.05, 4.69) is 0 Å². The Morgan fingerprint density at radius 3 is 2.44 bits per heavy atom. The number of morpholine rings is 1. The van der Waals surface area contributed by atoms with Crippen LogP contribution in [0.5, 0.6) is 0 Å². The molecule has 0 aromatic carbocycles. The minimum atomic E-state index is -3.41. The molecule has 2 aliphatic heterocycles. The van der Waals surface area contributed by atoms with Gasteiger partial charge in [-0.05, 0) is 38.8 Å². The van der Waals surface area contributed by atoms with E-state index in [-0.39, 0.29) is 24.5 Å². The van der Waals surface area contributed by atoms with Crippen LogP contribution in [0.25, 0.3) is 0 Å². The van der Waals surface area contributed by atoms with Crippen molar-refractivity contribution in [2.24, 2.45) is 0 Å². The molecule has 8 heteroatoms. The van der Waals surface area contributed by atoms with Gasteiger partial charge < -0.3 is 9.64 Å². The van der Waals surface area contributed by atoms with Gasteiger partial charge in [0.25, 0.3) is 10.0 Å². The zero-order chi connectivity index (χ0) is 18.0. The molecule has 1 aromatic rings. The molecule has 0 aliphatic carbocycles. The molecule has 0 N–H and O–H groups in total. The normalized spacial score (nSPS) is 25.9. The van der Waals surface area contributed by atoms with Gasteiger partial charge in [0.15, 0.2) is 0 Å². The lowest BCUT2D eigenvalue weighted by molar-refractivity contribution is -0.142. The second-order valence-corrected chi connectivity index (χ2v) is 10.3. The van der Waals surface area contributed by atoms with Crippen molar-refractivity contribution in [1.29, 1.82) is 0 Å². The first-order valence-electron chi connectivity index (χ1n) is 8.88. The van der Waals surface area contributed by atoms with Crippen LogP contribution in [0.4, 0.5) is 0 Å². The van der Waals surface area contributed by atoms with Crippen molar-refractivity contribution in [3.63, 3.8) is 0 Å². The Bertz CT molecular complexity index is 700. The van der Waals surface area contributed by atoms with Gasteiger partial charge in [0.05, 0.1) is 18.6 Å². The summed E-state index contributed by atoms with van der Waals surface area (Å²) in [5.74, 6) is 0.0331. The molecular formula is C17H26N2O4S2. The molecule has 1 amide bonds. The quantitative estimate of drug-likeness (QED) is 0.795. The van der Waals surface area contributed by atoms with E-state index in [1.54, 1.807) is 16.4 Å². The summed E-state index contributed by atoms with van der Waals surface area (Å²) >= 11 is 1.22. The van der Waals surface area contributed by atoms with Crippen molar-refractivity contribution < 1.29 is 17.9 Å². The molecule has 2 fully saturated rings. The number of carbonyl (C=O) groups is 1. The highest BCUT2D eigenvalue weighted by Gasteiger charge is 2.29. The lowest BCUT2D eigenvalue weighted by Crippen LogP contribution is -2.48. The van der Waals surface area contributed by atoms with Crippen molar-refractivity contribution in [1.82, 2.24) is 9.21 Å². The number of rotatable bonds is 4. The van der Waals surface area contributed by atoms with Crippen LogP contribution in [0.15, 0.2) is 16.3 Å². The van der Waals surface area contributed by atoms with Crippen molar-refractivity contribution >= 4 is 27.3 Å². The Balaban J connectivity index is 1.66. The maximum Gasteiger partial charge on any atom is 0.252 e. The highest BCUT2D eigenvalue weighted by molar-refractivity contribution is 7.91. The highest BCUT2D eigenvalue weighted by Crippen LogP contribution is 2.27. The molecule has 25 heavy (non-hydrogen) atoms. The summed E-state index contributed by atoms with van der Waals surface area (Å²) in [6, 6.07) is 3.41. The Morgan fingerprint density at radius 2 is 1.80 bits per heavy atom. The molecule has 3 heterocycles. The smallest absolute Gasteiger partial charge is 0.252 e. The molecular weight excluding hydrogens is 360 g/mol. The summed E-state index contributed by atoms with van der Waals surface area (Å²) in [7, 11) is -3.41. The third-order valence-corrected chi connectivity index (χ3v) is 8.10. The van der Waals surface area contributed by atoms with Gasteiger partial charge >= 0.3 is 0 Å². The maximum atomic E-state index is 12.7. The monoisotopic (exact) mass is 386 g/mol. The average Bonchev–Trinajstić information content (AvgIpc) is 3.04. The Morgan fingerprint density at radius 1 is 1.16 bits per heavy atom. The minimum Gasteiger partial charge on any atom is -0.372 e. The first-order chi connectivity index (χ1) is 11.9. The zero-order valence-corrected chi connectivity index (χ0v) is 16.4. The van der Waals surface area contributed by atoms with Crippen molar-refractivity contribution in [2.75, 3.05) is 26.2 Å². The molecule has 3 rings (SSSR count). The first kappa shape index (κ1) is 18.8. The van der Waals surface area contributed by atoms with Gasteiger partial charge in [0.1, 0.15) is 4.21 Å². The van der Waals surface area contributed by atoms with Gasteiger partial charge in [-0.15, -0.1) is 11.3 Å². The van der Waals surface area contributed by atoms with Crippen LogP contribution in [0.2, 0.25) is 0 Å². The average molecular weight is 387 g/mol. The summed E-state index contributed by atoms with van der Waals surface area (Å²) in [5, 5.41) is 0. The Labute approximate surface area is 153 Å². The predicted octanol–water partition coefficient (Wildman–Crippen LogP) is 2.10. The molecule has 6 nitrogen and oxygen atoms in total. The lowest BCUT2D eigenvalue weighted by atomic mass is 10.2.